The van der Waals surface area contributed by atoms with Gasteiger partial charge >= 0.3 is 6.09 Å². The van der Waals surface area contributed by atoms with E-state index in [4.69, 9.17) is 16.3 Å². The molecule has 2 aliphatic rings. The lowest BCUT2D eigenvalue weighted by atomic mass is 9.70. The summed E-state index contributed by atoms with van der Waals surface area (Å²) in [5.41, 5.74) is 0.408. The highest BCUT2D eigenvalue weighted by molar-refractivity contribution is 6.30. The normalized spacial score (nSPS) is 21.3. The lowest BCUT2D eigenvalue weighted by Crippen LogP contribution is -2.59. The Labute approximate surface area is 209 Å². The van der Waals surface area contributed by atoms with Crippen LogP contribution in [-0.4, -0.2) is 50.5 Å². The predicted octanol–water partition coefficient (Wildman–Crippen LogP) is 4.60. The van der Waals surface area contributed by atoms with E-state index in [1.807, 2.05) is 47.4 Å². The summed E-state index contributed by atoms with van der Waals surface area (Å²) in [5.74, 6) is 0.613. The zero-order chi connectivity index (χ0) is 24.5. The predicted molar refractivity (Wildman–Crippen MR) is 132 cm³/mol. The number of carbonyl (C=O) groups is 2. The SMILES string of the molecule is CC1(c2ccccc2)N(Cc2ncccn2)C(=O)OC12CCN(C(=O)Cc1ccc(Cl)cc1)CC2. The van der Waals surface area contributed by atoms with E-state index in [9.17, 15) is 9.59 Å². The number of amides is 2. The lowest BCUT2D eigenvalue weighted by molar-refractivity contribution is -0.136. The van der Waals surface area contributed by atoms with Crippen molar-refractivity contribution < 1.29 is 14.3 Å². The van der Waals surface area contributed by atoms with Gasteiger partial charge in [-0.1, -0.05) is 54.1 Å². The van der Waals surface area contributed by atoms with Gasteiger partial charge in [0.25, 0.3) is 0 Å². The number of likely N-dealkylation sites (tertiary alicyclic amines) is 1. The van der Waals surface area contributed by atoms with Gasteiger partial charge in [0.1, 0.15) is 17.0 Å². The molecule has 3 heterocycles. The summed E-state index contributed by atoms with van der Waals surface area (Å²) in [6, 6.07) is 19.0. The average molecular weight is 491 g/mol. The molecular formula is C27H27ClN4O3. The third kappa shape index (κ3) is 4.25. The summed E-state index contributed by atoms with van der Waals surface area (Å²) < 4.78 is 6.18. The highest BCUT2D eigenvalue weighted by atomic mass is 35.5. The van der Waals surface area contributed by atoms with Crippen LogP contribution in [0.1, 0.15) is 36.7 Å². The van der Waals surface area contributed by atoms with Gasteiger partial charge in [0, 0.05) is 43.3 Å². The first kappa shape index (κ1) is 23.3. The van der Waals surface area contributed by atoms with Crippen LogP contribution in [0.3, 0.4) is 0 Å². The number of piperidine rings is 1. The van der Waals surface area contributed by atoms with Gasteiger partial charge in [0.15, 0.2) is 0 Å². The molecule has 0 aliphatic carbocycles. The Balaban J connectivity index is 1.39. The fourth-order valence-electron chi connectivity index (χ4n) is 5.30. The Kier molecular flexibility index (Phi) is 6.19. The molecule has 8 heteroatoms. The monoisotopic (exact) mass is 490 g/mol. The number of benzene rings is 2. The van der Waals surface area contributed by atoms with E-state index in [1.165, 1.54) is 0 Å². The van der Waals surface area contributed by atoms with Crippen LogP contribution in [0, 0.1) is 0 Å². The number of hydrogen-bond donors (Lipinski definition) is 0. The number of carbonyl (C=O) groups excluding carboxylic acids is 2. The maximum absolute atomic E-state index is 13.3. The molecule has 0 saturated carbocycles. The summed E-state index contributed by atoms with van der Waals surface area (Å²) >= 11 is 5.97. The fourth-order valence-corrected chi connectivity index (χ4v) is 5.43. The molecule has 1 spiro atoms. The summed E-state index contributed by atoms with van der Waals surface area (Å²) in [6.45, 7) is 3.32. The quantitative estimate of drug-likeness (QED) is 0.522. The van der Waals surface area contributed by atoms with Gasteiger partial charge in [-0.25, -0.2) is 14.8 Å². The largest absolute Gasteiger partial charge is 0.440 e. The molecule has 2 fully saturated rings. The summed E-state index contributed by atoms with van der Waals surface area (Å²) in [5, 5.41) is 0.648. The molecule has 2 aromatic carbocycles. The van der Waals surface area contributed by atoms with E-state index in [2.05, 4.69) is 16.9 Å². The van der Waals surface area contributed by atoms with Gasteiger partial charge in [0.2, 0.25) is 5.91 Å². The first-order chi connectivity index (χ1) is 16.9. The molecule has 2 amide bonds. The van der Waals surface area contributed by atoms with Crippen molar-refractivity contribution in [3.63, 3.8) is 0 Å². The van der Waals surface area contributed by atoms with Crippen LogP contribution >= 0.6 is 11.6 Å². The van der Waals surface area contributed by atoms with E-state index >= 15 is 0 Å². The fraction of sp³-hybridized carbons (Fsp3) is 0.333. The van der Waals surface area contributed by atoms with Crippen molar-refractivity contribution in [1.29, 1.82) is 0 Å². The summed E-state index contributed by atoms with van der Waals surface area (Å²) in [7, 11) is 0. The van der Waals surface area contributed by atoms with Crippen molar-refractivity contribution >= 4 is 23.6 Å². The standard InChI is InChI=1S/C27H27ClN4O3/c1-26(21-6-3-2-4-7-21)27(35-25(34)32(26)19-23-29-14-5-15-30-23)12-16-31(17-13-27)24(33)18-20-8-10-22(28)11-9-20/h2-11,14-15H,12-13,16-19H2,1H3. The molecule has 1 unspecified atom stereocenters. The first-order valence-electron chi connectivity index (χ1n) is 11.8. The molecule has 2 saturated heterocycles. The van der Waals surface area contributed by atoms with Gasteiger partial charge in [-0.05, 0) is 36.2 Å². The topological polar surface area (TPSA) is 75.6 Å². The first-order valence-corrected chi connectivity index (χ1v) is 12.1. The van der Waals surface area contributed by atoms with Crippen LogP contribution < -0.4 is 0 Å². The minimum absolute atomic E-state index is 0.0578. The molecule has 2 aliphatic heterocycles. The number of rotatable bonds is 5. The van der Waals surface area contributed by atoms with Crippen molar-refractivity contribution in [2.45, 2.75) is 43.9 Å². The second kappa shape index (κ2) is 9.30. The highest BCUT2D eigenvalue weighted by Gasteiger charge is 2.64. The van der Waals surface area contributed by atoms with Gasteiger partial charge in [-0.2, -0.15) is 0 Å². The zero-order valence-electron chi connectivity index (χ0n) is 19.6. The van der Waals surface area contributed by atoms with Crippen LogP contribution in [0.2, 0.25) is 5.02 Å². The van der Waals surface area contributed by atoms with Gasteiger partial charge in [-0.3, -0.25) is 9.69 Å². The van der Waals surface area contributed by atoms with Crippen LogP contribution in [0.5, 0.6) is 0 Å². The molecule has 1 aromatic heterocycles. The van der Waals surface area contributed by atoms with Crippen molar-refractivity contribution in [1.82, 2.24) is 19.8 Å². The van der Waals surface area contributed by atoms with E-state index < -0.39 is 11.1 Å². The number of ether oxygens (including phenoxy) is 1. The van der Waals surface area contributed by atoms with E-state index in [0.717, 1.165) is 11.1 Å². The van der Waals surface area contributed by atoms with Crippen molar-refractivity contribution in [3.8, 4) is 0 Å². The van der Waals surface area contributed by atoms with Crippen LogP contribution in [0.4, 0.5) is 4.79 Å². The Hall–Kier alpha value is -3.45. The van der Waals surface area contributed by atoms with E-state index in [0.29, 0.717) is 43.2 Å². The molecule has 3 aromatic rings. The molecule has 0 radical (unpaired) electrons. The second-order valence-electron chi connectivity index (χ2n) is 9.24. The number of hydrogen-bond acceptors (Lipinski definition) is 5. The van der Waals surface area contributed by atoms with Gasteiger partial charge in [0.05, 0.1) is 13.0 Å². The van der Waals surface area contributed by atoms with Crippen molar-refractivity contribution in [2.24, 2.45) is 0 Å². The Morgan fingerprint density at radius 1 is 1.00 bits per heavy atom. The molecular weight excluding hydrogens is 464 g/mol. The number of halogens is 1. The minimum Gasteiger partial charge on any atom is -0.440 e. The summed E-state index contributed by atoms with van der Waals surface area (Å²) in [6.07, 6.45) is 4.36. The average Bonchev–Trinajstić information content (AvgIpc) is 3.08. The molecule has 7 nitrogen and oxygen atoms in total. The molecule has 5 rings (SSSR count). The molecule has 0 N–H and O–H groups in total. The Morgan fingerprint density at radius 2 is 1.66 bits per heavy atom. The van der Waals surface area contributed by atoms with E-state index in [1.54, 1.807) is 35.5 Å². The third-order valence-corrected chi connectivity index (χ3v) is 7.63. The number of nitrogens with zero attached hydrogens (tertiary/aromatic N) is 4. The summed E-state index contributed by atoms with van der Waals surface area (Å²) in [4.78, 5) is 38.6. The highest BCUT2D eigenvalue weighted by Crippen LogP contribution is 2.52. The van der Waals surface area contributed by atoms with Crippen LogP contribution in [0.15, 0.2) is 73.1 Å². The Bertz CT molecular complexity index is 1200. The molecule has 180 valence electrons. The maximum atomic E-state index is 13.3. The minimum atomic E-state index is -0.767. The third-order valence-electron chi connectivity index (χ3n) is 7.38. The molecule has 35 heavy (non-hydrogen) atoms. The number of aromatic nitrogens is 2. The van der Waals surface area contributed by atoms with E-state index in [-0.39, 0.29) is 18.5 Å². The van der Waals surface area contributed by atoms with Gasteiger partial charge < -0.3 is 9.64 Å². The second-order valence-corrected chi connectivity index (χ2v) is 9.67. The van der Waals surface area contributed by atoms with Crippen molar-refractivity contribution in [2.75, 3.05) is 13.1 Å². The van der Waals surface area contributed by atoms with Crippen LogP contribution in [0.25, 0.3) is 0 Å². The molecule has 1 atom stereocenters. The lowest BCUT2D eigenvalue weighted by Gasteiger charge is -2.48. The zero-order valence-corrected chi connectivity index (χ0v) is 20.3. The van der Waals surface area contributed by atoms with Crippen molar-refractivity contribution in [3.05, 3.63) is 95.0 Å². The smallest absolute Gasteiger partial charge is 0.411 e. The van der Waals surface area contributed by atoms with Gasteiger partial charge in [-0.15, -0.1) is 0 Å². The Morgan fingerprint density at radius 3 is 2.31 bits per heavy atom. The maximum Gasteiger partial charge on any atom is 0.411 e. The van der Waals surface area contributed by atoms with Crippen LogP contribution in [-0.2, 0) is 28.0 Å². The molecule has 0 bridgehead atoms.